The van der Waals surface area contributed by atoms with Gasteiger partial charge in [0.1, 0.15) is 0 Å². The SMILES string of the molecule is O=C(Nc1ccccc1C1=CCCC1)c1ccc([N+](=O)[O-])cc1. The van der Waals surface area contributed by atoms with Gasteiger partial charge in [0, 0.05) is 28.9 Å². The fraction of sp³-hybridized carbons (Fsp3) is 0.167. The molecule has 0 fully saturated rings. The molecule has 0 aromatic heterocycles. The number of benzene rings is 2. The molecule has 1 aliphatic carbocycles. The molecule has 5 heteroatoms. The lowest BCUT2D eigenvalue weighted by Crippen LogP contribution is -2.13. The molecule has 5 nitrogen and oxygen atoms in total. The lowest BCUT2D eigenvalue weighted by Gasteiger charge is -2.12. The Morgan fingerprint density at radius 2 is 1.83 bits per heavy atom. The van der Waals surface area contributed by atoms with Gasteiger partial charge in [0.25, 0.3) is 11.6 Å². The molecule has 0 atom stereocenters. The Morgan fingerprint density at radius 1 is 1.09 bits per heavy atom. The molecule has 2 aromatic rings. The maximum Gasteiger partial charge on any atom is 0.269 e. The quantitative estimate of drug-likeness (QED) is 0.671. The molecule has 0 saturated carbocycles. The second kappa shape index (κ2) is 6.44. The number of nitrogens with one attached hydrogen (secondary N) is 1. The van der Waals surface area contributed by atoms with Crippen molar-refractivity contribution in [2.75, 3.05) is 5.32 Å². The molecule has 0 unspecified atom stereocenters. The van der Waals surface area contributed by atoms with Crippen molar-refractivity contribution in [1.82, 2.24) is 0 Å². The number of nitrogens with zero attached hydrogens (tertiary/aromatic N) is 1. The van der Waals surface area contributed by atoms with Crippen molar-refractivity contribution in [1.29, 1.82) is 0 Å². The molecule has 2 aromatic carbocycles. The Hall–Kier alpha value is -2.95. The van der Waals surface area contributed by atoms with E-state index in [0.717, 1.165) is 30.5 Å². The number of anilines is 1. The molecule has 116 valence electrons. The van der Waals surface area contributed by atoms with Gasteiger partial charge in [-0.05, 0) is 43.0 Å². The number of para-hydroxylation sites is 1. The van der Waals surface area contributed by atoms with Crippen molar-refractivity contribution in [3.63, 3.8) is 0 Å². The zero-order valence-electron chi connectivity index (χ0n) is 12.5. The highest BCUT2D eigenvalue weighted by Crippen LogP contribution is 2.32. The number of nitro groups is 1. The van der Waals surface area contributed by atoms with E-state index in [-0.39, 0.29) is 11.6 Å². The summed E-state index contributed by atoms with van der Waals surface area (Å²) in [4.78, 5) is 22.5. The largest absolute Gasteiger partial charge is 0.321 e. The first-order valence-electron chi connectivity index (χ1n) is 7.49. The highest BCUT2D eigenvalue weighted by Gasteiger charge is 2.14. The van der Waals surface area contributed by atoms with Gasteiger partial charge in [0.2, 0.25) is 0 Å². The second-order valence-corrected chi connectivity index (χ2v) is 5.43. The molecule has 0 heterocycles. The molecule has 1 N–H and O–H groups in total. The summed E-state index contributed by atoms with van der Waals surface area (Å²) in [5.74, 6) is -0.272. The summed E-state index contributed by atoms with van der Waals surface area (Å²) in [6, 6.07) is 13.3. The van der Waals surface area contributed by atoms with Gasteiger partial charge in [-0.3, -0.25) is 14.9 Å². The molecular formula is C18H16N2O3. The molecule has 0 radical (unpaired) electrons. The Bertz CT molecular complexity index is 779. The van der Waals surface area contributed by atoms with E-state index in [1.54, 1.807) is 0 Å². The number of amides is 1. The standard InChI is InChI=1S/C18H16N2O3/c21-18(14-9-11-15(12-10-14)20(22)23)19-17-8-4-3-7-16(17)13-5-1-2-6-13/h3-5,7-12H,1-2,6H2,(H,19,21). The average Bonchev–Trinajstić information content (AvgIpc) is 3.09. The van der Waals surface area contributed by atoms with Gasteiger partial charge < -0.3 is 5.32 Å². The van der Waals surface area contributed by atoms with E-state index in [1.165, 1.54) is 29.8 Å². The number of non-ortho nitro benzene ring substituents is 1. The van der Waals surface area contributed by atoms with Crippen LogP contribution in [-0.2, 0) is 0 Å². The van der Waals surface area contributed by atoms with E-state index in [9.17, 15) is 14.9 Å². The fourth-order valence-electron chi connectivity index (χ4n) is 2.72. The lowest BCUT2D eigenvalue weighted by atomic mass is 10.0. The van der Waals surface area contributed by atoms with Crippen molar-refractivity contribution in [3.05, 3.63) is 75.8 Å². The molecule has 0 spiro atoms. The van der Waals surface area contributed by atoms with Crippen LogP contribution in [0.15, 0.2) is 54.6 Å². The van der Waals surface area contributed by atoms with Crippen LogP contribution in [0.2, 0.25) is 0 Å². The minimum atomic E-state index is -0.483. The summed E-state index contributed by atoms with van der Waals surface area (Å²) < 4.78 is 0. The van der Waals surface area contributed by atoms with Crippen LogP contribution in [0.4, 0.5) is 11.4 Å². The molecule has 1 aliphatic rings. The first-order valence-corrected chi connectivity index (χ1v) is 7.49. The third-order valence-corrected chi connectivity index (χ3v) is 3.90. The first-order chi connectivity index (χ1) is 11.1. The molecule has 0 bridgehead atoms. The molecule has 3 rings (SSSR count). The maximum absolute atomic E-state index is 12.4. The molecule has 0 saturated heterocycles. The fourth-order valence-corrected chi connectivity index (χ4v) is 2.72. The van der Waals surface area contributed by atoms with Crippen molar-refractivity contribution in [2.45, 2.75) is 19.3 Å². The monoisotopic (exact) mass is 308 g/mol. The van der Waals surface area contributed by atoms with E-state index in [1.807, 2.05) is 24.3 Å². The van der Waals surface area contributed by atoms with E-state index in [2.05, 4.69) is 11.4 Å². The van der Waals surface area contributed by atoms with Crippen molar-refractivity contribution in [2.24, 2.45) is 0 Å². The van der Waals surface area contributed by atoms with Gasteiger partial charge in [0.15, 0.2) is 0 Å². The van der Waals surface area contributed by atoms with Crippen LogP contribution in [0, 0.1) is 10.1 Å². The Morgan fingerprint density at radius 3 is 2.48 bits per heavy atom. The third-order valence-electron chi connectivity index (χ3n) is 3.90. The van der Waals surface area contributed by atoms with Gasteiger partial charge in [-0.25, -0.2) is 0 Å². The number of carbonyl (C=O) groups is 1. The number of carbonyl (C=O) groups excluding carboxylic acids is 1. The van der Waals surface area contributed by atoms with Gasteiger partial charge in [-0.15, -0.1) is 0 Å². The normalized spacial score (nSPS) is 13.5. The average molecular weight is 308 g/mol. The number of nitro benzene ring substituents is 1. The Labute approximate surface area is 133 Å². The predicted octanol–water partition coefficient (Wildman–Crippen LogP) is 4.41. The van der Waals surface area contributed by atoms with Gasteiger partial charge in [-0.1, -0.05) is 24.3 Å². The Kier molecular flexibility index (Phi) is 4.19. The minimum absolute atomic E-state index is 0.0296. The zero-order chi connectivity index (χ0) is 16.2. The van der Waals surface area contributed by atoms with Crippen molar-refractivity contribution < 1.29 is 9.72 Å². The van der Waals surface area contributed by atoms with E-state index >= 15 is 0 Å². The van der Waals surface area contributed by atoms with Gasteiger partial charge in [0.05, 0.1) is 4.92 Å². The van der Waals surface area contributed by atoms with Crippen molar-refractivity contribution >= 4 is 22.9 Å². The zero-order valence-corrected chi connectivity index (χ0v) is 12.5. The smallest absolute Gasteiger partial charge is 0.269 e. The summed E-state index contributed by atoms with van der Waals surface area (Å²) in [5, 5.41) is 13.6. The first kappa shape index (κ1) is 15.0. The molecular weight excluding hydrogens is 292 g/mol. The predicted molar refractivity (Wildman–Crippen MR) is 89.3 cm³/mol. The van der Waals surface area contributed by atoms with E-state index in [0.29, 0.717) is 5.56 Å². The van der Waals surface area contributed by atoms with Crippen LogP contribution in [0.1, 0.15) is 35.2 Å². The number of rotatable bonds is 4. The second-order valence-electron chi connectivity index (χ2n) is 5.43. The summed E-state index contributed by atoms with van der Waals surface area (Å²) in [6.07, 6.45) is 5.43. The maximum atomic E-state index is 12.4. The van der Waals surface area contributed by atoms with Crippen LogP contribution in [0.25, 0.3) is 5.57 Å². The van der Waals surface area contributed by atoms with Crippen LogP contribution in [-0.4, -0.2) is 10.8 Å². The highest BCUT2D eigenvalue weighted by molar-refractivity contribution is 6.05. The Balaban J connectivity index is 1.81. The summed E-state index contributed by atoms with van der Waals surface area (Å²) >= 11 is 0. The molecule has 0 aliphatic heterocycles. The topological polar surface area (TPSA) is 72.2 Å². The molecule has 1 amide bonds. The van der Waals surface area contributed by atoms with Crippen LogP contribution in [0.3, 0.4) is 0 Å². The van der Waals surface area contributed by atoms with Crippen LogP contribution < -0.4 is 5.32 Å². The number of hydrogen-bond donors (Lipinski definition) is 1. The van der Waals surface area contributed by atoms with Gasteiger partial charge >= 0.3 is 0 Å². The van der Waals surface area contributed by atoms with Crippen LogP contribution in [0.5, 0.6) is 0 Å². The van der Waals surface area contributed by atoms with Gasteiger partial charge in [-0.2, -0.15) is 0 Å². The summed E-state index contributed by atoms with van der Waals surface area (Å²) in [5.41, 5.74) is 3.43. The minimum Gasteiger partial charge on any atom is -0.321 e. The lowest BCUT2D eigenvalue weighted by molar-refractivity contribution is -0.384. The van der Waals surface area contributed by atoms with E-state index < -0.39 is 4.92 Å². The summed E-state index contributed by atoms with van der Waals surface area (Å²) in [6.45, 7) is 0. The third kappa shape index (κ3) is 3.29. The van der Waals surface area contributed by atoms with E-state index in [4.69, 9.17) is 0 Å². The number of allylic oxidation sites excluding steroid dienone is 2. The van der Waals surface area contributed by atoms with Crippen molar-refractivity contribution in [3.8, 4) is 0 Å². The summed E-state index contributed by atoms with van der Waals surface area (Å²) in [7, 11) is 0. The van der Waals surface area contributed by atoms with Crippen LogP contribution >= 0.6 is 0 Å². The number of hydrogen-bond acceptors (Lipinski definition) is 3. The highest BCUT2D eigenvalue weighted by atomic mass is 16.6. The molecule has 23 heavy (non-hydrogen) atoms.